The predicted octanol–water partition coefficient (Wildman–Crippen LogP) is 4.04. The fraction of sp³-hybridized carbons (Fsp3) is 0.158. The van der Waals surface area contributed by atoms with Gasteiger partial charge in [-0.3, -0.25) is 4.79 Å². The average Bonchev–Trinajstić information content (AvgIpc) is 3.02. The summed E-state index contributed by atoms with van der Waals surface area (Å²) in [5, 5.41) is 7.04. The van der Waals surface area contributed by atoms with Crippen LogP contribution < -0.4 is 14.8 Å². The Hall–Kier alpha value is -3.42. The maximum atomic E-state index is 12.6. The van der Waals surface area contributed by atoms with Crippen molar-refractivity contribution in [1.29, 1.82) is 0 Å². The van der Waals surface area contributed by atoms with E-state index in [0.717, 1.165) is 11.3 Å². The number of anilines is 1. The normalized spacial score (nSPS) is 10.7. The minimum Gasteiger partial charge on any atom is -0.493 e. The lowest BCUT2D eigenvalue weighted by atomic mass is 10.2. The summed E-state index contributed by atoms with van der Waals surface area (Å²) in [7, 11) is 1.33. The number of carbonyl (C=O) groups excluding carboxylic acids is 1. The number of methoxy groups -OCH3 is 1. The predicted molar refractivity (Wildman–Crippen MR) is 95.9 cm³/mol. The van der Waals surface area contributed by atoms with Crippen LogP contribution in [-0.4, -0.2) is 29.4 Å². The zero-order valence-corrected chi connectivity index (χ0v) is 14.6. The van der Waals surface area contributed by atoms with Crippen LogP contribution in [0, 0.1) is 6.92 Å². The lowest BCUT2D eigenvalue weighted by Gasteiger charge is -2.13. The number of hydrogen-bond acceptors (Lipinski definition) is 4. The molecule has 6 nitrogen and oxygen atoms in total. The topological polar surface area (TPSA) is 65.4 Å². The van der Waals surface area contributed by atoms with E-state index in [9.17, 15) is 13.6 Å². The Morgan fingerprint density at radius 2 is 1.89 bits per heavy atom. The molecule has 27 heavy (non-hydrogen) atoms. The van der Waals surface area contributed by atoms with Crippen LogP contribution in [0.3, 0.4) is 0 Å². The molecule has 3 rings (SSSR count). The van der Waals surface area contributed by atoms with E-state index in [1.54, 1.807) is 17.8 Å². The molecule has 0 saturated carbocycles. The molecule has 1 amide bonds. The average molecular weight is 373 g/mol. The van der Waals surface area contributed by atoms with E-state index in [1.807, 2.05) is 30.3 Å². The van der Waals surface area contributed by atoms with E-state index in [-0.39, 0.29) is 17.1 Å². The summed E-state index contributed by atoms with van der Waals surface area (Å²) in [5.74, 6) is -0.110. The quantitative estimate of drug-likeness (QED) is 0.708. The van der Waals surface area contributed by atoms with Gasteiger partial charge in [0.15, 0.2) is 11.5 Å². The van der Waals surface area contributed by atoms with Gasteiger partial charge in [-0.05, 0) is 37.3 Å². The summed E-state index contributed by atoms with van der Waals surface area (Å²) in [5.41, 5.74) is 1.67. The maximum absolute atomic E-state index is 12.6. The molecular weight excluding hydrogens is 356 g/mol. The van der Waals surface area contributed by atoms with Crippen molar-refractivity contribution in [1.82, 2.24) is 9.78 Å². The molecule has 0 unspecified atom stereocenters. The molecule has 140 valence electrons. The largest absolute Gasteiger partial charge is 0.493 e. The van der Waals surface area contributed by atoms with Crippen molar-refractivity contribution in [2.45, 2.75) is 13.5 Å². The van der Waals surface area contributed by atoms with E-state index >= 15 is 0 Å². The van der Waals surface area contributed by atoms with Crippen molar-refractivity contribution < 1.29 is 23.0 Å². The van der Waals surface area contributed by atoms with Crippen molar-refractivity contribution >= 4 is 11.7 Å². The van der Waals surface area contributed by atoms with Gasteiger partial charge in [0.25, 0.3) is 5.91 Å². The third kappa shape index (κ3) is 4.05. The zero-order valence-electron chi connectivity index (χ0n) is 14.6. The summed E-state index contributed by atoms with van der Waals surface area (Å²) in [4.78, 5) is 12.6. The summed E-state index contributed by atoms with van der Waals surface area (Å²) in [6, 6.07) is 13.4. The minimum absolute atomic E-state index is 0.109. The molecule has 8 heteroatoms. The number of nitrogens with one attached hydrogen (secondary N) is 1. The number of nitrogens with zero attached hydrogens (tertiary/aromatic N) is 2. The molecule has 0 atom stereocenters. The van der Waals surface area contributed by atoms with Crippen molar-refractivity contribution in [2.75, 3.05) is 12.4 Å². The van der Waals surface area contributed by atoms with Crippen LogP contribution in [-0.2, 0) is 0 Å². The molecule has 1 N–H and O–H groups in total. The second-order valence-corrected chi connectivity index (χ2v) is 5.62. The van der Waals surface area contributed by atoms with Crippen molar-refractivity contribution in [3.63, 3.8) is 0 Å². The Kier molecular flexibility index (Phi) is 5.35. The van der Waals surface area contributed by atoms with Crippen LogP contribution in [0.2, 0.25) is 0 Å². The third-order valence-corrected chi connectivity index (χ3v) is 3.83. The molecule has 3 aromatic rings. The Morgan fingerprint density at radius 3 is 2.56 bits per heavy atom. The Morgan fingerprint density at radius 1 is 1.15 bits per heavy atom. The van der Waals surface area contributed by atoms with Gasteiger partial charge in [0.05, 0.1) is 19.0 Å². The third-order valence-electron chi connectivity index (χ3n) is 3.83. The van der Waals surface area contributed by atoms with Gasteiger partial charge in [0.2, 0.25) is 0 Å². The van der Waals surface area contributed by atoms with Gasteiger partial charge < -0.3 is 14.8 Å². The minimum atomic E-state index is -3.03. The monoisotopic (exact) mass is 373 g/mol. The number of amides is 1. The number of aromatic nitrogens is 2. The summed E-state index contributed by atoms with van der Waals surface area (Å²) in [6.45, 7) is -1.22. The zero-order chi connectivity index (χ0) is 19.4. The molecule has 0 radical (unpaired) electrons. The van der Waals surface area contributed by atoms with Crippen molar-refractivity contribution in [3.8, 4) is 17.2 Å². The molecule has 0 aliphatic carbocycles. The Labute approximate surface area is 154 Å². The molecule has 1 aromatic heterocycles. The first-order chi connectivity index (χ1) is 13.0. The summed E-state index contributed by atoms with van der Waals surface area (Å²) in [6.07, 6.45) is 1.63. The highest BCUT2D eigenvalue weighted by molar-refractivity contribution is 6.04. The number of carbonyl (C=O) groups is 1. The number of hydrogen-bond donors (Lipinski definition) is 1. The molecule has 0 spiro atoms. The second kappa shape index (κ2) is 7.86. The Balaban J connectivity index is 1.90. The van der Waals surface area contributed by atoms with Gasteiger partial charge >= 0.3 is 6.61 Å². The van der Waals surface area contributed by atoms with E-state index in [2.05, 4.69) is 15.2 Å². The van der Waals surface area contributed by atoms with Gasteiger partial charge in [0, 0.05) is 11.1 Å². The number of para-hydroxylation sites is 1. The van der Waals surface area contributed by atoms with Crippen LogP contribution in [0.1, 0.15) is 15.9 Å². The van der Waals surface area contributed by atoms with Crippen LogP contribution in [0.25, 0.3) is 5.69 Å². The number of aryl methyl sites for hydroxylation is 1. The first-order valence-corrected chi connectivity index (χ1v) is 8.04. The molecule has 0 bridgehead atoms. The van der Waals surface area contributed by atoms with Crippen LogP contribution in [0.5, 0.6) is 11.5 Å². The van der Waals surface area contributed by atoms with E-state index in [4.69, 9.17) is 4.74 Å². The number of benzene rings is 2. The first kappa shape index (κ1) is 18.4. The standard InChI is InChI=1S/C19H17F2N3O3/c1-12-11-22-24(14-6-4-3-5-7-14)17(12)23-18(25)13-8-9-15(26-2)16(10-13)27-19(20)21/h3-11,19H,1-2H3,(H,23,25). The number of ether oxygens (including phenoxy) is 2. The maximum Gasteiger partial charge on any atom is 0.387 e. The highest BCUT2D eigenvalue weighted by atomic mass is 19.3. The fourth-order valence-corrected chi connectivity index (χ4v) is 2.53. The highest BCUT2D eigenvalue weighted by Gasteiger charge is 2.17. The molecule has 0 fully saturated rings. The molecule has 0 aliphatic rings. The molecule has 0 saturated heterocycles. The summed E-state index contributed by atoms with van der Waals surface area (Å²) < 4.78 is 36.1. The SMILES string of the molecule is COc1ccc(C(=O)Nc2c(C)cnn2-c2ccccc2)cc1OC(F)F. The van der Waals surface area contributed by atoms with Gasteiger partial charge in [-0.2, -0.15) is 13.9 Å². The highest BCUT2D eigenvalue weighted by Crippen LogP contribution is 2.30. The summed E-state index contributed by atoms with van der Waals surface area (Å²) >= 11 is 0. The number of halogens is 2. The number of alkyl halides is 2. The first-order valence-electron chi connectivity index (χ1n) is 8.04. The molecule has 1 heterocycles. The van der Waals surface area contributed by atoms with Gasteiger partial charge in [-0.1, -0.05) is 18.2 Å². The lowest BCUT2D eigenvalue weighted by Crippen LogP contribution is -2.16. The van der Waals surface area contributed by atoms with Crippen molar-refractivity contribution in [2.24, 2.45) is 0 Å². The molecule has 0 aliphatic heterocycles. The molecular formula is C19H17F2N3O3. The van der Waals surface area contributed by atoms with Gasteiger partial charge in [-0.25, -0.2) is 4.68 Å². The van der Waals surface area contributed by atoms with Gasteiger partial charge in [0.1, 0.15) is 5.82 Å². The van der Waals surface area contributed by atoms with Crippen LogP contribution in [0.4, 0.5) is 14.6 Å². The Bertz CT molecular complexity index is 943. The lowest BCUT2D eigenvalue weighted by molar-refractivity contribution is -0.0512. The van der Waals surface area contributed by atoms with Gasteiger partial charge in [-0.15, -0.1) is 0 Å². The number of rotatable bonds is 6. The van der Waals surface area contributed by atoms with E-state index in [0.29, 0.717) is 5.82 Å². The van der Waals surface area contributed by atoms with Crippen LogP contribution >= 0.6 is 0 Å². The van der Waals surface area contributed by atoms with Crippen molar-refractivity contribution in [3.05, 3.63) is 65.9 Å². The smallest absolute Gasteiger partial charge is 0.387 e. The fourth-order valence-electron chi connectivity index (χ4n) is 2.53. The van der Waals surface area contributed by atoms with Crippen LogP contribution in [0.15, 0.2) is 54.7 Å². The van der Waals surface area contributed by atoms with E-state index < -0.39 is 12.5 Å². The van der Waals surface area contributed by atoms with E-state index in [1.165, 1.54) is 25.3 Å². The molecule has 2 aromatic carbocycles. The second-order valence-electron chi connectivity index (χ2n) is 5.62.